The first-order valence-corrected chi connectivity index (χ1v) is 6.95. The van der Waals surface area contributed by atoms with Crippen LogP contribution in [-0.2, 0) is 19.6 Å². The molecule has 1 amide bonds. The van der Waals surface area contributed by atoms with E-state index < -0.39 is 15.9 Å². The lowest BCUT2D eigenvalue weighted by atomic mass is 9.88. The molecule has 2 aliphatic heterocycles. The molecule has 2 rings (SSSR count). The summed E-state index contributed by atoms with van der Waals surface area (Å²) >= 11 is 0. The highest BCUT2D eigenvalue weighted by atomic mass is 32.2. The molecule has 16 heavy (non-hydrogen) atoms. The van der Waals surface area contributed by atoms with Crippen molar-refractivity contribution in [2.45, 2.75) is 31.5 Å². The maximum Gasteiger partial charge on any atom is 0.266 e. The van der Waals surface area contributed by atoms with E-state index in [-0.39, 0.29) is 30.6 Å². The van der Waals surface area contributed by atoms with Crippen LogP contribution in [0.15, 0.2) is 0 Å². The van der Waals surface area contributed by atoms with Crippen LogP contribution >= 0.6 is 0 Å². The highest BCUT2D eigenvalue weighted by Gasteiger charge is 2.44. The molecule has 2 aliphatic rings. The topological polar surface area (TPSA) is 92.7 Å². The van der Waals surface area contributed by atoms with Gasteiger partial charge in [0.1, 0.15) is 0 Å². The summed E-state index contributed by atoms with van der Waals surface area (Å²) in [5, 5.41) is 2.51. The number of rotatable bonds is 4. The molecule has 0 aliphatic carbocycles. The summed E-state index contributed by atoms with van der Waals surface area (Å²) < 4.78 is 34.9. The summed E-state index contributed by atoms with van der Waals surface area (Å²) in [7, 11) is -4.00. The van der Waals surface area contributed by atoms with Crippen molar-refractivity contribution in [1.29, 1.82) is 0 Å². The Balaban J connectivity index is 1.77. The fraction of sp³-hybridized carbons (Fsp3) is 0.889. The van der Waals surface area contributed by atoms with Gasteiger partial charge in [-0.3, -0.25) is 9.35 Å². The molecule has 2 bridgehead atoms. The number of hydrogen-bond donors (Lipinski definition) is 2. The van der Waals surface area contributed by atoms with Crippen molar-refractivity contribution < 1.29 is 22.5 Å². The molecule has 2 saturated heterocycles. The third-order valence-electron chi connectivity index (χ3n) is 3.10. The van der Waals surface area contributed by atoms with Gasteiger partial charge in [0.05, 0.1) is 23.9 Å². The zero-order valence-electron chi connectivity index (χ0n) is 8.76. The molecule has 2 fully saturated rings. The second-order valence-electron chi connectivity index (χ2n) is 4.29. The lowest BCUT2D eigenvalue weighted by Gasteiger charge is -2.17. The normalized spacial score (nSPS) is 32.9. The third kappa shape index (κ3) is 2.72. The van der Waals surface area contributed by atoms with Crippen molar-refractivity contribution in [1.82, 2.24) is 5.32 Å². The second-order valence-corrected chi connectivity index (χ2v) is 5.87. The fourth-order valence-corrected chi connectivity index (χ4v) is 2.71. The zero-order valence-corrected chi connectivity index (χ0v) is 9.57. The Morgan fingerprint density at radius 1 is 1.44 bits per heavy atom. The molecule has 0 aromatic carbocycles. The molecule has 0 radical (unpaired) electrons. The number of nitrogens with one attached hydrogen (secondary N) is 1. The smallest absolute Gasteiger partial charge is 0.266 e. The Morgan fingerprint density at radius 2 is 2.19 bits per heavy atom. The summed E-state index contributed by atoms with van der Waals surface area (Å²) in [5.74, 6) is -0.767. The van der Waals surface area contributed by atoms with E-state index in [1.807, 2.05) is 0 Å². The summed E-state index contributed by atoms with van der Waals surface area (Å²) in [4.78, 5) is 11.7. The minimum absolute atomic E-state index is 0.00395. The van der Waals surface area contributed by atoms with Crippen LogP contribution in [0.3, 0.4) is 0 Å². The van der Waals surface area contributed by atoms with Crippen molar-refractivity contribution in [3.63, 3.8) is 0 Å². The van der Waals surface area contributed by atoms with E-state index in [0.717, 1.165) is 19.3 Å². The Hall–Kier alpha value is -0.660. The monoisotopic (exact) mass is 249 g/mol. The maximum atomic E-state index is 11.7. The number of amides is 1. The minimum Gasteiger partial charge on any atom is -0.374 e. The average molecular weight is 249 g/mol. The predicted octanol–water partition coefficient (Wildman–Crippen LogP) is -0.442. The molecular formula is C9H15NO5S. The molecule has 3 atom stereocenters. The fourth-order valence-electron chi connectivity index (χ4n) is 2.35. The van der Waals surface area contributed by atoms with E-state index in [2.05, 4.69) is 5.32 Å². The summed E-state index contributed by atoms with van der Waals surface area (Å²) in [6.45, 7) is -0.0500. The van der Waals surface area contributed by atoms with E-state index in [0.29, 0.717) is 0 Å². The molecular weight excluding hydrogens is 234 g/mol. The highest BCUT2D eigenvalue weighted by molar-refractivity contribution is 7.85. The maximum absolute atomic E-state index is 11.7. The quantitative estimate of drug-likeness (QED) is 0.659. The molecule has 2 heterocycles. The first-order valence-electron chi connectivity index (χ1n) is 5.34. The Kier molecular flexibility index (Phi) is 3.18. The van der Waals surface area contributed by atoms with Crippen LogP contribution in [-0.4, -0.2) is 43.4 Å². The number of hydrogen-bond acceptors (Lipinski definition) is 4. The van der Waals surface area contributed by atoms with Crippen LogP contribution in [0.2, 0.25) is 0 Å². The third-order valence-corrected chi connectivity index (χ3v) is 3.82. The van der Waals surface area contributed by atoms with Gasteiger partial charge in [-0.1, -0.05) is 0 Å². The van der Waals surface area contributed by atoms with E-state index in [1.54, 1.807) is 0 Å². The van der Waals surface area contributed by atoms with Crippen LogP contribution in [0.1, 0.15) is 19.3 Å². The van der Waals surface area contributed by atoms with Crippen molar-refractivity contribution in [2.75, 3.05) is 12.3 Å². The lowest BCUT2D eigenvalue weighted by molar-refractivity contribution is -0.126. The number of carbonyl (C=O) groups is 1. The van der Waals surface area contributed by atoms with Crippen molar-refractivity contribution in [3.05, 3.63) is 0 Å². The SMILES string of the molecule is O=C(NCCS(=O)(=O)O)C1CC2CCC1O2. The van der Waals surface area contributed by atoms with Crippen molar-refractivity contribution >= 4 is 16.0 Å². The van der Waals surface area contributed by atoms with E-state index in [9.17, 15) is 13.2 Å². The van der Waals surface area contributed by atoms with Crippen LogP contribution in [0.4, 0.5) is 0 Å². The molecule has 3 unspecified atom stereocenters. The second kappa shape index (κ2) is 4.31. The predicted molar refractivity (Wildman–Crippen MR) is 55.4 cm³/mol. The molecule has 0 spiro atoms. The van der Waals surface area contributed by atoms with Gasteiger partial charge in [-0.2, -0.15) is 8.42 Å². The van der Waals surface area contributed by atoms with Crippen LogP contribution in [0.25, 0.3) is 0 Å². The molecule has 0 aromatic rings. The Morgan fingerprint density at radius 3 is 2.69 bits per heavy atom. The minimum atomic E-state index is -4.00. The van der Waals surface area contributed by atoms with Crippen LogP contribution in [0.5, 0.6) is 0 Å². The van der Waals surface area contributed by atoms with Gasteiger partial charge in [0.15, 0.2) is 0 Å². The Labute approximate surface area is 94.1 Å². The summed E-state index contributed by atoms with van der Waals surface area (Å²) in [6.07, 6.45) is 2.83. The first-order chi connectivity index (χ1) is 7.46. The van der Waals surface area contributed by atoms with Crippen LogP contribution < -0.4 is 5.32 Å². The molecule has 6 nitrogen and oxygen atoms in total. The van der Waals surface area contributed by atoms with E-state index in [1.165, 1.54) is 0 Å². The van der Waals surface area contributed by atoms with Crippen molar-refractivity contribution in [2.24, 2.45) is 5.92 Å². The van der Waals surface area contributed by atoms with Gasteiger partial charge in [-0.15, -0.1) is 0 Å². The lowest BCUT2D eigenvalue weighted by Crippen LogP contribution is -2.38. The highest BCUT2D eigenvalue weighted by Crippen LogP contribution is 2.38. The standard InChI is InChI=1S/C9H15NO5S/c11-9(10-3-4-16(12,13)14)7-5-6-1-2-8(7)15-6/h6-8H,1-5H2,(H,10,11)(H,12,13,14). The number of ether oxygens (including phenoxy) is 1. The molecule has 0 aromatic heterocycles. The molecule has 0 saturated carbocycles. The van der Waals surface area contributed by atoms with E-state index >= 15 is 0 Å². The van der Waals surface area contributed by atoms with Gasteiger partial charge >= 0.3 is 0 Å². The summed E-state index contributed by atoms with van der Waals surface area (Å²) in [5.41, 5.74) is 0. The average Bonchev–Trinajstić information content (AvgIpc) is 2.76. The van der Waals surface area contributed by atoms with Gasteiger partial charge in [0.2, 0.25) is 5.91 Å². The van der Waals surface area contributed by atoms with Gasteiger partial charge in [0.25, 0.3) is 10.1 Å². The van der Waals surface area contributed by atoms with Gasteiger partial charge in [-0.25, -0.2) is 0 Å². The number of fused-ring (bicyclic) bond motifs is 2. The largest absolute Gasteiger partial charge is 0.374 e. The molecule has 2 N–H and O–H groups in total. The van der Waals surface area contributed by atoms with Gasteiger partial charge < -0.3 is 10.1 Å². The zero-order chi connectivity index (χ0) is 11.8. The molecule has 7 heteroatoms. The van der Waals surface area contributed by atoms with Crippen LogP contribution in [0, 0.1) is 5.92 Å². The van der Waals surface area contributed by atoms with Crippen molar-refractivity contribution in [3.8, 4) is 0 Å². The van der Waals surface area contributed by atoms with Gasteiger partial charge in [-0.05, 0) is 19.3 Å². The molecule has 92 valence electrons. The number of carbonyl (C=O) groups excluding carboxylic acids is 1. The van der Waals surface area contributed by atoms with Gasteiger partial charge in [0, 0.05) is 6.54 Å². The summed E-state index contributed by atoms with van der Waals surface area (Å²) in [6, 6.07) is 0. The first kappa shape index (κ1) is 11.8. The van der Waals surface area contributed by atoms with E-state index in [4.69, 9.17) is 9.29 Å². The Bertz CT molecular complexity index is 379.